The van der Waals surface area contributed by atoms with E-state index in [9.17, 15) is 4.21 Å². The topological polar surface area (TPSA) is 66.9 Å². The summed E-state index contributed by atoms with van der Waals surface area (Å²) >= 11 is 0. The molecular weight excluding hydrogens is 100 g/mol. The average molecular weight is 106 g/mol. The molecule has 0 saturated carbocycles. The van der Waals surface area contributed by atoms with Gasteiger partial charge in [-0.3, -0.25) is 0 Å². The van der Waals surface area contributed by atoms with Crippen LogP contribution in [0.25, 0.3) is 0 Å². The minimum absolute atomic E-state index is 0.910. The normalized spacial score (nSPS) is 18.8. The van der Waals surface area contributed by atoms with Gasteiger partial charge in [-0.1, -0.05) is 6.58 Å². The molecule has 1 unspecified atom stereocenters. The lowest BCUT2D eigenvalue weighted by Crippen LogP contribution is -2.03. The van der Waals surface area contributed by atoms with Gasteiger partial charge >= 0.3 is 0 Å². The molecule has 0 aliphatic heterocycles. The van der Waals surface area contributed by atoms with Crippen LogP contribution < -0.4 is 5.14 Å². The number of nitrogens with two attached hydrogens (primary N) is 1. The van der Waals surface area contributed by atoms with E-state index in [0.29, 0.717) is 0 Å². The zero-order valence-electron chi connectivity index (χ0n) is 3.18. The van der Waals surface area contributed by atoms with Crippen LogP contribution in [0, 0.1) is 4.78 Å². The zero-order valence-corrected chi connectivity index (χ0v) is 3.99. The second-order valence-electron chi connectivity index (χ2n) is 0.814. The minimum Gasteiger partial charge on any atom is -0.242 e. The molecule has 36 valence electrons. The minimum atomic E-state index is -2.90. The summed E-state index contributed by atoms with van der Waals surface area (Å²) in [5.41, 5.74) is 0. The molecule has 3 nitrogen and oxygen atoms in total. The van der Waals surface area contributed by atoms with Gasteiger partial charge in [0.2, 0.25) is 0 Å². The molecular formula is C2H6N2OS. The first kappa shape index (κ1) is 5.65. The second-order valence-corrected chi connectivity index (χ2v) is 2.44. The number of nitrogens with one attached hydrogen (secondary N) is 1. The molecule has 4 heteroatoms. The molecule has 0 aliphatic carbocycles. The Morgan fingerprint density at radius 2 is 2.17 bits per heavy atom. The van der Waals surface area contributed by atoms with E-state index in [1.165, 1.54) is 0 Å². The van der Waals surface area contributed by atoms with Gasteiger partial charge in [-0.15, -0.1) is 0 Å². The lowest BCUT2D eigenvalue weighted by atomic mass is 11.3. The first-order chi connectivity index (χ1) is 2.56. The summed E-state index contributed by atoms with van der Waals surface area (Å²) in [7, 11) is -2.90. The van der Waals surface area contributed by atoms with Gasteiger partial charge in [0.05, 0.1) is 0 Å². The van der Waals surface area contributed by atoms with Gasteiger partial charge in [0.1, 0.15) is 9.92 Å². The van der Waals surface area contributed by atoms with Crippen LogP contribution in [0.3, 0.4) is 0 Å². The maximum Gasteiger partial charge on any atom is 0.124 e. The molecule has 3 N–H and O–H groups in total. The lowest BCUT2D eigenvalue weighted by Gasteiger charge is -1.80. The van der Waals surface area contributed by atoms with Crippen molar-refractivity contribution in [3.05, 3.63) is 12.0 Å². The largest absolute Gasteiger partial charge is 0.242 e. The van der Waals surface area contributed by atoms with E-state index < -0.39 is 9.92 Å². The van der Waals surface area contributed by atoms with Crippen molar-refractivity contribution in [2.75, 3.05) is 0 Å². The summed E-state index contributed by atoms with van der Waals surface area (Å²) in [5.74, 6) is 0. The van der Waals surface area contributed by atoms with E-state index in [4.69, 9.17) is 4.78 Å². The van der Waals surface area contributed by atoms with Gasteiger partial charge in [-0.2, -0.15) is 0 Å². The fraction of sp³-hybridized carbons (Fsp3) is 0. The van der Waals surface area contributed by atoms with Crippen molar-refractivity contribution >= 4 is 9.92 Å². The van der Waals surface area contributed by atoms with Crippen molar-refractivity contribution in [1.29, 1.82) is 4.78 Å². The Kier molecular flexibility index (Phi) is 1.32. The quantitative estimate of drug-likeness (QED) is 0.487. The third kappa shape index (κ3) is 3.65. The Hall–Kier alpha value is -0.350. The molecule has 0 spiro atoms. The summed E-state index contributed by atoms with van der Waals surface area (Å²) in [6, 6.07) is 0. The van der Waals surface area contributed by atoms with Crippen LogP contribution in [-0.2, 0) is 9.92 Å². The van der Waals surface area contributed by atoms with E-state index in [1.54, 1.807) is 0 Å². The summed E-state index contributed by atoms with van der Waals surface area (Å²) in [6.07, 6.45) is 0. The van der Waals surface area contributed by atoms with Crippen molar-refractivity contribution in [1.82, 2.24) is 0 Å². The van der Waals surface area contributed by atoms with Gasteiger partial charge in [-0.25, -0.2) is 14.1 Å². The fourth-order valence-electron chi connectivity index (χ4n) is 0. The van der Waals surface area contributed by atoms with Gasteiger partial charge in [0.25, 0.3) is 0 Å². The Bertz CT molecular complexity index is 122. The molecule has 0 aliphatic rings. The number of rotatable bonds is 1. The van der Waals surface area contributed by atoms with Crippen molar-refractivity contribution in [2.45, 2.75) is 0 Å². The van der Waals surface area contributed by atoms with Gasteiger partial charge < -0.3 is 0 Å². The molecule has 0 aromatic heterocycles. The highest BCUT2D eigenvalue weighted by atomic mass is 32.2. The van der Waals surface area contributed by atoms with Crippen LogP contribution in [0.2, 0.25) is 0 Å². The van der Waals surface area contributed by atoms with Crippen molar-refractivity contribution in [3.63, 3.8) is 0 Å². The average Bonchev–Trinajstić information content (AvgIpc) is 1.35. The van der Waals surface area contributed by atoms with Crippen LogP contribution >= 0.6 is 0 Å². The molecule has 0 rings (SSSR count). The summed E-state index contributed by atoms with van der Waals surface area (Å²) in [6.45, 7) is 3.04. The Balaban J connectivity index is 4.25. The summed E-state index contributed by atoms with van der Waals surface area (Å²) < 4.78 is 16.2. The highest BCUT2D eigenvalue weighted by Crippen LogP contribution is 1.72. The predicted molar refractivity (Wildman–Crippen MR) is 25.2 cm³/mol. The third-order valence-corrected chi connectivity index (χ3v) is 0.743. The summed E-state index contributed by atoms with van der Waals surface area (Å²) in [4.78, 5) is 0. The van der Waals surface area contributed by atoms with E-state index in [1.807, 2.05) is 0 Å². The Morgan fingerprint density at radius 3 is 2.17 bits per heavy atom. The van der Waals surface area contributed by atoms with Crippen LogP contribution in [0.5, 0.6) is 0 Å². The summed E-state index contributed by atoms with van der Waals surface area (Å²) in [5, 5.41) is 5.52. The molecule has 6 heavy (non-hydrogen) atoms. The Morgan fingerprint density at radius 1 is 2.00 bits per heavy atom. The first-order valence-corrected chi connectivity index (χ1v) is 2.93. The van der Waals surface area contributed by atoms with E-state index in [2.05, 4.69) is 11.7 Å². The first-order valence-electron chi connectivity index (χ1n) is 1.25. The molecule has 1 atom stereocenters. The van der Waals surface area contributed by atoms with E-state index in [0.717, 1.165) is 5.41 Å². The SMILES string of the molecule is C=CS(=N)(N)=O. The lowest BCUT2D eigenvalue weighted by molar-refractivity contribution is 0.682. The van der Waals surface area contributed by atoms with Crippen LogP contribution in [0.15, 0.2) is 12.0 Å². The third-order valence-electron chi connectivity index (χ3n) is 0.248. The monoisotopic (exact) mass is 106 g/mol. The van der Waals surface area contributed by atoms with Crippen LogP contribution in [0.1, 0.15) is 0 Å². The highest BCUT2D eigenvalue weighted by molar-refractivity contribution is 7.93. The zero-order chi connectivity index (χ0) is 5.21. The van der Waals surface area contributed by atoms with Gasteiger partial charge in [0, 0.05) is 5.41 Å². The predicted octanol–water partition coefficient (Wildman–Crippen LogP) is 0.0504. The molecule has 0 heterocycles. The maximum absolute atomic E-state index is 9.88. The second kappa shape index (κ2) is 1.40. The molecule has 0 bridgehead atoms. The van der Waals surface area contributed by atoms with Crippen molar-refractivity contribution < 1.29 is 4.21 Å². The maximum atomic E-state index is 9.88. The standard InChI is InChI=1S/C2H6N2OS/c1-2-6(3,4)5/h2H,1H2,(H3,3,4,5). The van der Waals surface area contributed by atoms with Crippen LogP contribution in [0.4, 0.5) is 0 Å². The Labute approximate surface area is 37.0 Å². The smallest absolute Gasteiger partial charge is 0.124 e. The molecule has 0 radical (unpaired) electrons. The highest BCUT2D eigenvalue weighted by Gasteiger charge is 1.78. The molecule has 0 saturated heterocycles. The van der Waals surface area contributed by atoms with E-state index >= 15 is 0 Å². The van der Waals surface area contributed by atoms with Crippen LogP contribution in [-0.4, -0.2) is 4.21 Å². The molecule has 0 amide bonds. The molecule has 0 aromatic carbocycles. The molecule has 0 fully saturated rings. The number of hydrogen-bond donors (Lipinski definition) is 2. The van der Waals surface area contributed by atoms with Gasteiger partial charge in [0.15, 0.2) is 0 Å². The number of hydrogen-bond acceptors (Lipinski definition) is 2. The van der Waals surface area contributed by atoms with Crippen molar-refractivity contribution in [2.24, 2.45) is 5.14 Å². The van der Waals surface area contributed by atoms with E-state index in [-0.39, 0.29) is 0 Å². The van der Waals surface area contributed by atoms with Crippen molar-refractivity contribution in [3.8, 4) is 0 Å². The van der Waals surface area contributed by atoms with Gasteiger partial charge in [-0.05, 0) is 0 Å². The fourth-order valence-corrected chi connectivity index (χ4v) is 0. The molecule has 0 aromatic rings.